The molecule has 2 heteroatoms. The third kappa shape index (κ3) is 1.55. The van der Waals surface area contributed by atoms with Gasteiger partial charge >= 0.3 is 0 Å². The fourth-order valence-electron chi connectivity index (χ4n) is 1.67. The number of aryl methyl sites for hydroxylation is 2. The number of benzene rings is 1. The summed E-state index contributed by atoms with van der Waals surface area (Å²) in [5.41, 5.74) is 3.50. The Morgan fingerprint density at radius 2 is 2.14 bits per heavy atom. The van der Waals surface area contributed by atoms with Crippen LogP contribution in [-0.2, 0) is 6.42 Å². The van der Waals surface area contributed by atoms with Crippen molar-refractivity contribution in [2.75, 3.05) is 0 Å². The number of para-hydroxylation sites is 1. The van der Waals surface area contributed by atoms with Crippen LogP contribution in [0.4, 0.5) is 0 Å². The summed E-state index contributed by atoms with van der Waals surface area (Å²) in [6.45, 7) is 4.18. The van der Waals surface area contributed by atoms with Gasteiger partial charge in [0.25, 0.3) is 0 Å². The number of hydrogen-bond donors (Lipinski definition) is 0. The molecule has 0 unspecified atom stereocenters. The molecular weight excluding hydrogens is 238 g/mol. The van der Waals surface area contributed by atoms with E-state index < -0.39 is 0 Å². The molecule has 0 aliphatic carbocycles. The Hall–Kier alpha value is -0.890. The van der Waals surface area contributed by atoms with E-state index in [2.05, 4.69) is 52.1 Å². The minimum atomic E-state index is 1.03. The lowest BCUT2D eigenvalue weighted by atomic mass is 10.1. The van der Waals surface area contributed by atoms with E-state index in [0.717, 1.165) is 22.1 Å². The van der Waals surface area contributed by atoms with Crippen LogP contribution >= 0.6 is 15.9 Å². The zero-order chi connectivity index (χ0) is 10.1. The largest absolute Gasteiger partial charge is 0.253 e. The van der Waals surface area contributed by atoms with Crippen LogP contribution in [0.2, 0.25) is 0 Å². The fourth-order valence-corrected chi connectivity index (χ4v) is 2.32. The molecule has 1 aromatic carbocycles. The van der Waals surface area contributed by atoms with Crippen molar-refractivity contribution >= 4 is 26.8 Å². The third-order valence-electron chi connectivity index (χ3n) is 2.38. The smallest absolute Gasteiger partial charge is 0.0748 e. The number of halogens is 1. The molecule has 0 bridgehead atoms. The van der Waals surface area contributed by atoms with Crippen molar-refractivity contribution < 1.29 is 0 Å². The van der Waals surface area contributed by atoms with Crippen LogP contribution < -0.4 is 0 Å². The standard InChI is InChI=1S/C12H12BrN/c1-3-9-5-4-6-10-11(13)7-8(2)14-12(9)10/h4-7H,3H2,1-2H3. The van der Waals surface area contributed by atoms with Crippen LogP contribution in [-0.4, -0.2) is 4.98 Å². The van der Waals surface area contributed by atoms with E-state index >= 15 is 0 Å². The summed E-state index contributed by atoms with van der Waals surface area (Å²) >= 11 is 3.57. The number of pyridine rings is 1. The quantitative estimate of drug-likeness (QED) is 0.748. The number of nitrogens with zero attached hydrogens (tertiary/aromatic N) is 1. The molecule has 0 aliphatic heterocycles. The van der Waals surface area contributed by atoms with Crippen molar-refractivity contribution in [2.24, 2.45) is 0 Å². The van der Waals surface area contributed by atoms with Gasteiger partial charge in [0.1, 0.15) is 0 Å². The van der Waals surface area contributed by atoms with Crippen LogP contribution in [0, 0.1) is 6.92 Å². The lowest BCUT2D eigenvalue weighted by Gasteiger charge is -2.06. The van der Waals surface area contributed by atoms with E-state index in [1.54, 1.807) is 0 Å². The zero-order valence-electron chi connectivity index (χ0n) is 8.34. The first-order valence-corrected chi connectivity index (χ1v) is 5.56. The molecule has 0 saturated carbocycles. The van der Waals surface area contributed by atoms with Gasteiger partial charge in [-0.05, 0) is 25.0 Å². The van der Waals surface area contributed by atoms with Gasteiger partial charge in [0.2, 0.25) is 0 Å². The van der Waals surface area contributed by atoms with Crippen LogP contribution in [0.3, 0.4) is 0 Å². The monoisotopic (exact) mass is 249 g/mol. The first kappa shape index (κ1) is 9.66. The summed E-state index contributed by atoms with van der Waals surface area (Å²) in [7, 11) is 0. The van der Waals surface area contributed by atoms with Crippen LogP contribution in [0.1, 0.15) is 18.2 Å². The number of rotatable bonds is 1. The van der Waals surface area contributed by atoms with Crippen molar-refractivity contribution in [1.29, 1.82) is 0 Å². The van der Waals surface area contributed by atoms with Gasteiger partial charge in [0.15, 0.2) is 0 Å². The molecule has 72 valence electrons. The van der Waals surface area contributed by atoms with E-state index in [-0.39, 0.29) is 0 Å². The summed E-state index contributed by atoms with van der Waals surface area (Å²) in [5.74, 6) is 0. The predicted octanol–water partition coefficient (Wildman–Crippen LogP) is 3.87. The first-order chi connectivity index (χ1) is 6.72. The van der Waals surface area contributed by atoms with Crippen LogP contribution in [0.5, 0.6) is 0 Å². The maximum atomic E-state index is 4.58. The molecule has 0 amide bonds. The molecule has 0 atom stereocenters. The summed E-state index contributed by atoms with van der Waals surface area (Å²) in [5, 5.41) is 1.20. The van der Waals surface area contributed by atoms with E-state index in [1.807, 2.05) is 6.92 Å². The Morgan fingerprint density at radius 3 is 2.86 bits per heavy atom. The SMILES string of the molecule is CCc1cccc2c(Br)cc(C)nc12. The van der Waals surface area contributed by atoms with Gasteiger partial charge in [-0.15, -0.1) is 0 Å². The highest BCUT2D eigenvalue weighted by atomic mass is 79.9. The van der Waals surface area contributed by atoms with Gasteiger partial charge in [-0.1, -0.05) is 41.1 Å². The molecule has 1 heterocycles. The molecule has 0 saturated heterocycles. The number of aromatic nitrogens is 1. The van der Waals surface area contributed by atoms with Crippen molar-refractivity contribution in [1.82, 2.24) is 4.98 Å². The summed E-state index contributed by atoms with van der Waals surface area (Å²) in [6, 6.07) is 8.39. The molecule has 2 aromatic rings. The Morgan fingerprint density at radius 1 is 1.36 bits per heavy atom. The van der Waals surface area contributed by atoms with Gasteiger partial charge in [-0.2, -0.15) is 0 Å². The molecule has 0 aliphatic rings. The second kappa shape index (κ2) is 3.70. The van der Waals surface area contributed by atoms with E-state index in [4.69, 9.17) is 0 Å². The second-order valence-corrected chi connectivity index (χ2v) is 4.27. The molecular formula is C12H12BrN. The van der Waals surface area contributed by atoms with Crippen molar-refractivity contribution in [3.05, 3.63) is 40.0 Å². The average Bonchev–Trinajstić information content (AvgIpc) is 2.17. The fraction of sp³-hybridized carbons (Fsp3) is 0.250. The van der Waals surface area contributed by atoms with Crippen LogP contribution in [0.25, 0.3) is 10.9 Å². The Kier molecular flexibility index (Phi) is 2.55. The lowest BCUT2D eigenvalue weighted by molar-refractivity contribution is 1.13. The van der Waals surface area contributed by atoms with Gasteiger partial charge in [-0.25, -0.2) is 0 Å². The number of hydrogen-bond acceptors (Lipinski definition) is 1. The zero-order valence-corrected chi connectivity index (χ0v) is 9.93. The lowest BCUT2D eigenvalue weighted by Crippen LogP contribution is -1.90. The summed E-state index contributed by atoms with van der Waals surface area (Å²) in [4.78, 5) is 4.58. The molecule has 0 fully saturated rings. The maximum absolute atomic E-state index is 4.58. The molecule has 1 nitrogen and oxygen atoms in total. The van der Waals surface area contributed by atoms with Crippen molar-refractivity contribution in [2.45, 2.75) is 20.3 Å². The van der Waals surface area contributed by atoms with Gasteiger partial charge in [-0.3, -0.25) is 4.98 Å². The Labute approximate surface area is 92.3 Å². The minimum absolute atomic E-state index is 1.03. The van der Waals surface area contributed by atoms with E-state index in [1.165, 1.54) is 10.9 Å². The molecule has 0 N–H and O–H groups in total. The van der Waals surface area contributed by atoms with Crippen molar-refractivity contribution in [3.8, 4) is 0 Å². The van der Waals surface area contributed by atoms with Crippen molar-refractivity contribution in [3.63, 3.8) is 0 Å². The van der Waals surface area contributed by atoms with Gasteiger partial charge < -0.3 is 0 Å². The second-order valence-electron chi connectivity index (χ2n) is 3.41. The maximum Gasteiger partial charge on any atom is 0.0748 e. The molecule has 1 aromatic heterocycles. The Balaban J connectivity index is 2.86. The summed E-state index contributed by atoms with van der Waals surface area (Å²) in [6.07, 6.45) is 1.03. The topological polar surface area (TPSA) is 12.9 Å². The Bertz CT molecular complexity index is 477. The predicted molar refractivity (Wildman–Crippen MR) is 63.6 cm³/mol. The average molecular weight is 250 g/mol. The van der Waals surface area contributed by atoms with Gasteiger partial charge in [0.05, 0.1) is 5.52 Å². The van der Waals surface area contributed by atoms with Gasteiger partial charge in [0, 0.05) is 15.6 Å². The van der Waals surface area contributed by atoms with Crippen LogP contribution in [0.15, 0.2) is 28.7 Å². The normalized spacial score (nSPS) is 10.8. The highest BCUT2D eigenvalue weighted by Gasteiger charge is 2.04. The third-order valence-corrected chi connectivity index (χ3v) is 3.04. The summed E-state index contributed by atoms with van der Waals surface area (Å²) < 4.78 is 1.13. The molecule has 2 rings (SSSR count). The molecule has 0 radical (unpaired) electrons. The first-order valence-electron chi connectivity index (χ1n) is 4.77. The van der Waals surface area contributed by atoms with E-state index in [0.29, 0.717) is 0 Å². The molecule has 0 spiro atoms. The number of fused-ring (bicyclic) bond motifs is 1. The van der Waals surface area contributed by atoms with E-state index in [9.17, 15) is 0 Å². The molecule has 14 heavy (non-hydrogen) atoms. The highest BCUT2D eigenvalue weighted by molar-refractivity contribution is 9.10. The minimum Gasteiger partial charge on any atom is -0.253 e. The highest BCUT2D eigenvalue weighted by Crippen LogP contribution is 2.25.